The van der Waals surface area contributed by atoms with Crippen molar-refractivity contribution < 1.29 is 4.79 Å². The van der Waals surface area contributed by atoms with E-state index < -0.39 is 0 Å². The molecule has 4 heteroatoms. The average Bonchev–Trinajstić information content (AvgIpc) is 2.65. The lowest BCUT2D eigenvalue weighted by Gasteiger charge is -2.37. The second kappa shape index (κ2) is 6.12. The number of nitrogens with zero attached hydrogens (tertiary/aromatic N) is 2. The van der Waals surface area contributed by atoms with Crippen molar-refractivity contribution in [2.45, 2.75) is 66.8 Å². The van der Waals surface area contributed by atoms with Gasteiger partial charge in [0.1, 0.15) is 5.78 Å². The van der Waals surface area contributed by atoms with Crippen LogP contribution in [0.25, 0.3) is 0 Å². The van der Waals surface area contributed by atoms with Gasteiger partial charge >= 0.3 is 0 Å². The zero-order valence-corrected chi connectivity index (χ0v) is 14.6. The second-order valence-corrected chi connectivity index (χ2v) is 7.61. The third-order valence-corrected chi connectivity index (χ3v) is 5.40. The number of carbonyl (C=O) groups is 1. The number of ketones is 1. The Bertz CT molecular complexity index is 533. The third-order valence-electron chi connectivity index (χ3n) is 4.91. The molecule has 2 unspecified atom stereocenters. The first-order valence-corrected chi connectivity index (χ1v) is 8.38. The Labute approximate surface area is 133 Å². The Balaban J connectivity index is 2.23. The number of Topliss-reactive ketones (excluding diaryl/α,β-unsaturated/α-hetero) is 1. The second-order valence-electron chi connectivity index (χ2n) is 7.23. The molecule has 1 saturated carbocycles. The highest BCUT2D eigenvalue weighted by Crippen LogP contribution is 2.41. The summed E-state index contributed by atoms with van der Waals surface area (Å²) in [5.41, 5.74) is 1.89. The van der Waals surface area contributed by atoms with Crippen LogP contribution >= 0.6 is 11.6 Å². The molecule has 2 atom stereocenters. The monoisotopic (exact) mass is 310 g/mol. The summed E-state index contributed by atoms with van der Waals surface area (Å²) in [4.78, 5) is 12.4. The van der Waals surface area contributed by atoms with Crippen molar-refractivity contribution in [1.29, 1.82) is 0 Å². The normalized spacial score (nSPS) is 23.6. The first kappa shape index (κ1) is 16.5. The van der Waals surface area contributed by atoms with Crippen molar-refractivity contribution in [2.24, 2.45) is 17.3 Å². The summed E-state index contributed by atoms with van der Waals surface area (Å²) < 4.78 is 1.98. The van der Waals surface area contributed by atoms with Crippen LogP contribution in [0, 0.1) is 24.2 Å². The molecule has 1 aromatic heterocycles. The van der Waals surface area contributed by atoms with Crippen LogP contribution in [-0.2, 0) is 17.8 Å². The van der Waals surface area contributed by atoms with Crippen LogP contribution in [-0.4, -0.2) is 15.6 Å². The van der Waals surface area contributed by atoms with Gasteiger partial charge in [-0.3, -0.25) is 9.48 Å². The highest BCUT2D eigenvalue weighted by atomic mass is 35.5. The largest absolute Gasteiger partial charge is 0.299 e. The third kappa shape index (κ3) is 3.33. The molecule has 0 aliphatic heterocycles. The van der Waals surface area contributed by atoms with Gasteiger partial charge in [-0.1, -0.05) is 32.4 Å². The van der Waals surface area contributed by atoms with Gasteiger partial charge in [-0.25, -0.2) is 0 Å². The van der Waals surface area contributed by atoms with Gasteiger partial charge in [-0.05, 0) is 44.4 Å². The van der Waals surface area contributed by atoms with Gasteiger partial charge in [0.2, 0.25) is 0 Å². The number of hydrogen-bond acceptors (Lipinski definition) is 2. The van der Waals surface area contributed by atoms with Gasteiger partial charge in [-0.15, -0.1) is 0 Å². The molecule has 0 bridgehead atoms. The van der Waals surface area contributed by atoms with E-state index in [0.717, 1.165) is 48.6 Å². The molecule has 2 rings (SSSR count). The zero-order valence-electron chi connectivity index (χ0n) is 13.9. The Morgan fingerprint density at radius 3 is 2.62 bits per heavy atom. The van der Waals surface area contributed by atoms with Crippen LogP contribution in [0.5, 0.6) is 0 Å². The Kier molecular flexibility index (Phi) is 4.82. The molecule has 0 radical (unpaired) electrons. The number of hydrogen-bond donors (Lipinski definition) is 0. The van der Waals surface area contributed by atoms with Crippen LogP contribution in [0.15, 0.2) is 0 Å². The van der Waals surface area contributed by atoms with Crippen LogP contribution in [0.2, 0.25) is 5.02 Å². The summed E-state index contributed by atoms with van der Waals surface area (Å²) in [7, 11) is 0. The first-order valence-electron chi connectivity index (χ1n) is 8.00. The van der Waals surface area contributed by atoms with E-state index in [1.165, 1.54) is 0 Å². The van der Waals surface area contributed by atoms with E-state index in [4.69, 9.17) is 11.6 Å². The number of rotatable bonds is 4. The number of halogens is 1. The SMILES string of the molecule is CCn1nc(C)c(Cl)c1CC(C)(C)C1CCC(C)CC1=O. The molecule has 0 spiro atoms. The van der Waals surface area contributed by atoms with Gasteiger partial charge in [0.25, 0.3) is 0 Å². The topological polar surface area (TPSA) is 34.9 Å². The molecule has 0 amide bonds. The average molecular weight is 311 g/mol. The minimum absolute atomic E-state index is 0.0692. The van der Waals surface area contributed by atoms with E-state index in [1.54, 1.807) is 0 Å². The van der Waals surface area contributed by atoms with Crippen molar-refractivity contribution in [3.05, 3.63) is 16.4 Å². The number of aryl methyl sites for hydroxylation is 2. The van der Waals surface area contributed by atoms with E-state index in [1.807, 2.05) is 11.6 Å². The van der Waals surface area contributed by atoms with Gasteiger partial charge < -0.3 is 0 Å². The maximum Gasteiger partial charge on any atom is 0.136 e. The minimum Gasteiger partial charge on any atom is -0.299 e. The van der Waals surface area contributed by atoms with Crippen LogP contribution in [0.1, 0.15) is 58.3 Å². The van der Waals surface area contributed by atoms with Crippen molar-refractivity contribution >= 4 is 17.4 Å². The molecule has 1 aliphatic carbocycles. The van der Waals surface area contributed by atoms with E-state index in [-0.39, 0.29) is 11.3 Å². The summed E-state index contributed by atoms with van der Waals surface area (Å²) in [5, 5.41) is 5.25. The van der Waals surface area contributed by atoms with Crippen LogP contribution in [0.3, 0.4) is 0 Å². The van der Waals surface area contributed by atoms with Gasteiger partial charge in [0.05, 0.1) is 16.4 Å². The molecule has 0 saturated heterocycles. The van der Waals surface area contributed by atoms with Crippen molar-refractivity contribution in [1.82, 2.24) is 9.78 Å². The Hall–Kier alpha value is -0.830. The van der Waals surface area contributed by atoms with Crippen molar-refractivity contribution in [2.75, 3.05) is 0 Å². The van der Waals surface area contributed by atoms with Gasteiger partial charge in [-0.2, -0.15) is 5.10 Å². The molecule has 0 aromatic carbocycles. The standard InChI is InChI=1S/C17H27ClN2O/c1-6-20-14(16(18)12(3)19-20)10-17(4,5)13-8-7-11(2)9-15(13)21/h11,13H,6-10H2,1-5H3. The maximum absolute atomic E-state index is 12.4. The predicted molar refractivity (Wildman–Crippen MR) is 86.6 cm³/mol. The van der Waals surface area contributed by atoms with Crippen molar-refractivity contribution in [3.8, 4) is 0 Å². The molecule has 1 aliphatic rings. The summed E-state index contributed by atoms with van der Waals surface area (Å²) in [6, 6.07) is 0. The van der Waals surface area contributed by atoms with E-state index in [2.05, 4.69) is 32.8 Å². The zero-order chi connectivity index (χ0) is 15.8. The quantitative estimate of drug-likeness (QED) is 0.824. The molecule has 3 nitrogen and oxygen atoms in total. The lowest BCUT2D eigenvalue weighted by Crippen LogP contribution is -2.37. The van der Waals surface area contributed by atoms with E-state index in [0.29, 0.717) is 11.7 Å². The Morgan fingerprint density at radius 2 is 2.05 bits per heavy atom. The van der Waals surface area contributed by atoms with Gasteiger partial charge in [0.15, 0.2) is 0 Å². The van der Waals surface area contributed by atoms with E-state index in [9.17, 15) is 4.79 Å². The highest BCUT2D eigenvalue weighted by molar-refractivity contribution is 6.31. The van der Waals surface area contributed by atoms with Crippen LogP contribution < -0.4 is 0 Å². The molecular formula is C17H27ClN2O. The minimum atomic E-state index is -0.0692. The summed E-state index contributed by atoms with van der Waals surface area (Å²) in [6.45, 7) is 11.4. The van der Waals surface area contributed by atoms with Crippen LogP contribution in [0.4, 0.5) is 0 Å². The van der Waals surface area contributed by atoms with Crippen molar-refractivity contribution in [3.63, 3.8) is 0 Å². The molecule has 1 fully saturated rings. The molecule has 21 heavy (non-hydrogen) atoms. The van der Waals surface area contributed by atoms with E-state index >= 15 is 0 Å². The molecular weight excluding hydrogens is 284 g/mol. The lowest BCUT2D eigenvalue weighted by molar-refractivity contribution is -0.129. The smallest absolute Gasteiger partial charge is 0.136 e. The Morgan fingerprint density at radius 1 is 1.38 bits per heavy atom. The fraction of sp³-hybridized carbons (Fsp3) is 0.765. The fourth-order valence-electron chi connectivity index (χ4n) is 3.62. The summed E-state index contributed by atoms with van der Waals surface area (Å²) in [5.74, 6) is 1.11. The molecule has 1 heterocycles. The number of carbonyl (C=O) groups excluding carboxylic acids is 1. The highest BCUT2D eigenvalue weighted by Gasteiger charge is 2.39. The summed E-state index contributed by atoms with van der Waals surface area (Å²) >= 11 is 6.43. The molecule has 118 valence electrons. The van der Waals surface area contributed by atoms with Gasteiger partial charge in [0, 0.05) is 18.9 Å². The maximum atomic E-state index is 12.4. The predicted octanol–water partition coefficient (Wildman–Crippen LogP) is 4.44. The lowest BCUT2D eigenvalue weighted by atomic mass is 9.66. The molecule has 1 aromatic rings. The fourth-order valence-corrected chi connectivity index (χ4v) is 3.82. The first-order chi connectivity index (χ1) is 9.76. The summed E-state index contributed by atoms with van der Waals surface area (Å²) in [6.07, 6.45) is 3.70. The number of aromatic nitrogens is 2. The molecule has 0 N–H and O–H groups in total.